The fourth-order valence-corrected chi connectivity index (χ4v) is 1.63. The highest BCUT2D eigenvalue weighted by molar-refractivity contribution is 7.85. The molecule has 0 aromatic rings. The van der Waals surface area contributed by atoms with E-state index in [1.54, 1.807) is 0 Å². The molecule has 0 aliphatic heterocycles. The van der Waals surface area contributed by atoms with Crippen LogP contribution in [0.25, 0.3) is 0 Å². The molecule has 5 nitrogen and oxygen atoms in total. The Hall–Kier alpha value is -0.330. The molecule has 0 bridgehead atoms. The van der Waals surface area contributed by atoms with Crippen molar-refractivity contribution < 1.29 is 22.9 Å². The van der Waals surface area contributed by atoms with Gasteiger partial charge in [0.1, 0.15) is 5.38 Å². The minimum Gasteiger partial charge on any atom is -0.480 e. The van der Waals surface area contributed by atoms with Crippen LogP contribution in [-0.2, 0) is 14.9 Å². The van der Waals surface area contributed by atoms with Gasteiger partial charge in [0.25, 0.3) is 10.1 Å². The highest BCUT2D eigenvalue weighted by Crippen LogP contribution is 2.09. The van der Waals surface area contributed by atoms with Gasteiger partial charge < -0.3 is 5.11 Å². The molecule has 14 heavy (non-hydrogen) atoms. The van der Waals surface area contributed by atoms with Gasteiger partial charge in [-0.3, -0.25) is 9.35 Å². The molecule has 0 radical (unpaired) electrons. The second-order valence-corrected chi connectivity index (χ2v) is 5.04. The zero-order valence-electron chi connectivity index (χ0n) is 7.52. The fourth-order valence-electron chi connectivity index (χ4n) is 0.908. The van der Waals surface area contributed by atoms with E-state index in [0.29, 0.717) is 25.7 Å². The zero-order chi connectivity index (χ0) is 11.2. The van der Waals surface area contributed by atoms with Crippen LogP contribution in [0.5, 0.6) is 0 Å². The van der Waals surface area contributed by atoms with Crippen molar-refractivity contribution in [2.45, 2.75) is 31.1 Å². The molecule has 84 valence electrons. The molecule has 1 unspecified atom stereocenters. The maximum Gasteiger partial charge on any atom is 0.321 e. The summed E-state index contributed by atoms with van der Waals surface area (Å²) in [7, 11) is -3.89. The summed E-state index contributed by atoms with van der Waals surface area (Å²) in [5.74, 6) is -1.35. The summed E-state index contributed by atoms with van der Waals surface area (Å²) >= 11 is 5.42. The summed E-state index contributed by atoms with van der Waals surface area (Å²) in [4.78, 5) is 10.3. The summed E-state index contributed by atoms with van der Waals surface area (Å²) in [6, 6.07) is 0. The number of hydrogen-bond acceptors (Lipinski definition) is 3. The maximum atomic E-state index is 10.3. The summed E-state index contributed by atoms with van der Waals surface area (Å²) < 4.78 is 28.9. The molecule has 0 saturated carbocycles. The number of carboxylic acids is 1. The van der Waals surface area contributed by atoms with E-state index in [9.17, 15) is 13.2 Å². The van der Waals surface area contributed by atoms with E-state index in [2.05, 4.69) is 0 Å². The van der Waals surface area contributed by atoms with Crippen LogP contribution in [0.4, 0.5) is 0 Å². The molecule has 0 aromatic heterocycles. The maximum absolute atomic E-state index is 10.3. The highest BCUT2D eigenvalue weighted by Gasteiger charge is 2.12. The predicted molar refractivity (Wildman–Crippen MR) is 52.2 cm³/mol. The van der Waals surface area contributed by atoms with E-state index in [0.717, 1.165) is 0 Å². The second-order valence-electron chi connectivity index (χ2n) is 2.94. The van der Waals surface area contributed by atoms with Crippen molar-refractivity contribution in [1.82, 2.24) is 0 Å². The van der Waals surface area contributed by atoms with Crippen LogP contribution in [0.1, 0.15) is 25.7 Å². The third-order valence-corrected chi connectivity index (χ3v) is 2.84. The van der Waals surface area contributed by atoms with Gasteiger partial charge in [-0.25, -0.2) is 0 Å². The number of rotatable bonds is 7. The van der Waals surface area contributed by atoms with Crippen LogP contribution in [0, 0.1) is 0 Å². The Bertz CT molecular complexity index is 274. The van der Waals surface area contributed by atoms with Gasteiger partial charge in [-0.15, -0.1) is 11.6 Å². The van der Waals surface area contributed by atoms with E-state index >= 15 is 0 Å². The molecule has 0 aliphatic carbocycles. The largest absolute Gasteiger partial charge is 0.480 e. The molecule has 0 amide bonds. The van der Waals surface area contributed by atoms with E-state index in [1.807, 2.05) is 0 Å². The molecule has 7 heteroatoms. The number of aliphatic carboxylic acids is 1. The van der Waals surface area contributed by atoms with E-state index < -0.39 is 21.5 Å². The number of carboxylic acid groups (broad SMARTS) is 1. The van der Waals surface area contributed by atoms with Crippen LogP contribution in [0.15, 0.2) is 0 Å². The number of carbonyl (C=O) groups is 1. The highest BCUT2D eigenvalue weighted by atomic mass is 35.5. The van der Waals surface area contributed by atoms with Crippen molar-refractivity contribution in [3.05, 3.63) is 0 Å². The van der Waals surface area contributed by atoms with Crippen LogP contribution in [0.2, 0.25) is 0 Å². The molecule has 0 aliphatic rings. The minimum absolute atomic E-state index is 0.285. The predicted octanol–water partition coefficient (Wildman–Crippen LogP) is 1.13. The Balaban J connectivity index is 3.44. The number of halogens is 1. The minimum atomic E-state index is -3.89. The monoisotopic (exact) mass is 244 g/mol. The third-order valence-electron chi connectivity index (χ3n) is 1.63. The zero-order valence-corrected chi connectivity index (χ0v) is 9.09. The molecular formula is C7H13ClO5S. The van der Waals surface area contributed by atoms with Crippen LogP contribution in [-0.4, -0.2) is 35.2 Å². The smallest absolute Gasteiger partial charge is 0.321 e. The quantitative estimate of drug-likeness (QED) is 0.398. The summed E-state index contributed by atoms with van der Waals surface area (Å²) in [5.41, 5.74) is 0. The van der Waals surface area contributed by atoms with Crippen molar-refractivity contribution in [2.75, 3.05) is 5.75 Å². The van der Waals surface area contributed by atoms with Crippen molar-refractivity contribution >= 4 is 27.7 Å². The first-order valence-corrected chi connectivity index (χ1v) is 6.19. The van der Waals surface area contributed by atoms with Crippen molar-refractivity contribution in [3.8, 4) is 0 Å². The van der Waals surface area contributed by atoms with Gasteiger partial charge >= 0.3 is 5.97 Å². The SMILES string of the molecule is O=C(O)C(Cl)CCCCCS(=O)(=O)O. The van der Waals surface area contributed by atoms with Crippen molar-refractivity contribution in [1.29, 1.82) is 0 Å². The Kier molecular flexibility index (Phi) is 6.06. The second kappa shape index (κ2) is 6.21. The first kappa shape index (κ1) is 13.7. The Labute approximate surface area is 87.8 Å². The van der Waals surface area contributed by atoms with Gasteiger partial charge in [-0.2, -0.15) is 8.42 Å². The lowest BCUT2D eigenvalue weighted by Crippen LogP contribution is -2.12. The normalized spacial score (nSPS) is 13.9. The van der Waals surface area contributed by atoms with Crippen LogP contribution in [0.3, 0.4) is 0 Å². The topological polar surface area (TPSA) is 91.7 Å². The number of alkyl halides is 1. The third kappa shape index (κ3) is 8.28. The van der Waals surface area contributed by atoms with E-state index in [1.165, 1.54) is 0 Å². The first-order chi connectivity index (χ1) is 6.33. The lowest BCUT2D eigenvalue weighted by Gasteiger charge is -2.02. The van der Waals surface area contributed by atoms with Gasteiger partial charge in [0.15, 0.2) is 0 Å². The van der Waals surface area contributed by atoms with Gasteiger partial charge in [0, 0.05) is 0 Å². The van der Waals surface area contributed by atoms with Gasteiger partial charge in [0.2, 0.25) is 0 Å². The lowest BCUT2D eigenvalue weighted by molar-refractivity contribution is -0.136. The molecular weight excluding hydrogens is 232 g/mol. The Morgan fingerprint density at radius 1 is 1.29 bits per heavy atom. The van der Waals surface area contributed by atoms with Gasteiger partial charge in [-0.1, -0.05) is 12.8 Å². The number of unbranched alkanes of at least 4 members (excludes halogenated alkanes) is 2. The summed E-state index contributed by atoms with van der Waals surface area (Å²) in [6.45, 7) is 0. The summed E-state index contributed by atoms with van der Waals surface area (Å²) in [5, 5.41) is 7.48. The lowest BCUT2D eigenvalue weighted by atomic mass is 10.1. The summed E-state index contributed by atoms with van der Waals surface area (Å²) in [6.07, 6.45) is 1.71. The number of hydrogen-bond donors (Lipinski definition) is 2. The first-order valence-electron chi connectivity index (χ1n) is 4.15. The Morgan fingerprint density at radius 2 is 1.86 bits per heavy atom. The standard InChI is InChI=1S/C7H13ClO5S/c8-6(7(9)10)4-2-1-3-5-14(11,12)13/h6H,1-5H2,(H,9,10)(H,11,12,13). The van der Waals surface area contributed by atoms with Crippen LogP contribution >= 0.6 is 11.6 Å². The van der Waals surface area contributed by atoms with E-state index in [4.69, 9.17) is 21.3 Å². The molecule has 0 rings (SSSR count). The van der Waals surface area contributed by atoms with Crippen LogP contribution < -0.4 is 0 Å². The molecule has 0 aromatic carbocycles. The van der Waals surface area contributed by atoms with E-state index in [-0.39, 0.29) is 5.75 Å². The molecule has 1 atom stereocenters. The average molecular weight is 245 g/mol. The Morgan fingerprint density at radius 3 is 2.29 bits per heavy atom. The molecule has 0 spiro atoms. The molecule has 2 N–H and O–H groups in total. The van der Waals surface area contributed by atoms with Gasteiger partial charge in [-0.05, 0) is 12.8 Å². The molecule has 0 saturated heterocycles. The van der Waals surface area contributed by atoms with Gasteiger partial charge in [0.05, 0.1) is 5.75 Å². The van der Waals surface area contributed by atoms with Crippen molar-refractivity contribution in [3.63, 3.8) is 0 Å². The molecule has 0 fully saturated rings. The molecule has 0 heterocycles. The van der Waals surface area contributed by atoms with Crippen molar-refractivity contribution in [2.24, 2.45) is 0 Å². The average Bonchev–Trinajstić information content (AvgIpc) is 2.01. The fraction of sp³-hybridized carbons (Fsp3) is 0.857.